The van der Waals surface area contributed by atoms with Crippen LogP contribution in [0.1, 0.15) is 15.9 Å². The van der Waals surface area contributed by atoms with Crippen molar-refractivity contribution in [3.63, 3.8) is 0 Å². The van der Waals surface area contributed by atoms with E-state index in [-0.39, 0.29) is 5.91 Å². The van der Waals surface area contributed by atoms with Crippen LogP contribution in [0.5, 0.6) is 0 Å². The maximum absolute atomic E-state index is 11.8. The van der Waals surface area contributed by atoms with Crippen LogP contribution in [0, 0.1) is 6.92 Å². The number of aromatic nitrogens is 2. The molecule has 0 radical (unpaired) electrons. The second-order valence-corrected chi connectivity index (χ2v) is 4.23. The number of rotatable bonds is 2. The van der Waals surface area contributed by atoms with E-state index in [0.717, 1.165) is 5.56 Å². The molecule has 1 N–H and O–H groups in total. The summed E-state index contributed by atoms with van der Waals surface area (Å²) in [4.78, 5) is 11.8. The van der Waals surface area contributed by atoms with E-state index in [0.29, 0.717) is 16.3 Å². The minimum Gasteiger partial charge on any atom is -0.322 e. The van der Waals surface area contributed by atoms with E-state index < -0.39 is 0 Å². The van der Waals surface area contributed by atoms with Gasteiger partial charge in [-0.15, -0.1) is 0 Å². The predicted molar refractivity (Wildman–Crippen MR) is 67.4 cm³/mol. The summed E-state index contributed by atoms with van der Waals surface area (Å²) in [5.74, 6) is -0.196. The van der Waals surface area contributed by atoms with Gasteiger partial charge in [-0.3, -0.25) is 9.48 Å². The number of hydrogen-bond acceptors (Lipinski definition) is 2. The Morgan fingerprint density at radius 1 is 1.47 bits per heavy atom. The summed E-state index contributed by atoms with van der Waals surface area (Å²) >= 11 is 5.98. The molecule has 1 aromatic carbocycles. The van der Waals surface area contributed by atoms with Gasteiger partial charge >= 0.3 is 0 Å². The minimum atomic E-state index is -0.196. The first kappa shape index (κ1) is 11.7. The normalized spacial score (nSPS) is 10.3. The predicted octanol–water partition coefficient (Wildman–Crippen LogP) is 2.63. The Bertz CT molecular complexity index is 563. The lowest BCUT2D eigenvalue weighted by Crippen LogP contribution is -2.11. The van der Waals surface area contributed by atoms with Crippen molar-refractivity contribution in [2.45, 2.75) is 6.92 Å². The van der Waals surface area contributed by atoms with Gasteiger partial charge in [0.05, 0.1) is 11.8 Å². The Balaban J connectivity index is 2.15. The SMILES string of the molecule is Cc1ccc(NC(=O)c2cnn(C)c2)cc1Cl. The summed E-state index contributed by atoms with van der Waals surface area (Å²) in [5.41, 5.74) is 2.17. The Labute approximate surface area is 104 Å². The summed E-state index contributed by atoms with van der Waals surface area (Å²) in [7, 11) is 1.76. The lowest BCUT2D eigenvalue weighted by atomic mass is 10.2. The first-order valence-corrected chi connectivity index (χ1v) is 5.50. The number of amides is 1. The fourth-order valence-electron chi connectivity index (χ4n) is 1.41. The van der Waals surface area contributed by atoms with E-state index in [9.17, 15) is 4.79 Å². The second-order valence-electron chi connectivity index (χ2n) is 3.82. The summed E-state index contributed by atoms with van der Waals surface area (Å²) in [6, 6.07) is 5.40. The quantitative estimate of drug-likeness (QED) is 0.889. The molecule has 0 spiro atoms. The molecule has 0 saturated carbocycles. The van der Waals surface area contributed by atoms with Crippen LogP contribution in [0.15, 0.2) is 30.6 Å². The van der Waals surface area contributed by atoms with Crippen molar-refractivity contribution < 1.29 is 4.79 Å². The zero-order valence-corrected chi connectivity index (χ0v) is 10.3. The van der Waals surface area contributed by atoms with Crippen molar-refractivity contribution in [1.29, 1.82) is 0 Å². The molecule has 2 aromatic rings. The van der Waals surface area contributed by atoms with Crippen molar-refractivity contribution in [1.82, 2.24) is 9.78 Å². The third-order valence-electron chi connectivity index (χ3n) is 2.40. The Morgan fingerprint density at radius 3 is 2.82 bits per heavy atom. The average molecular weight is 250 g/mol. The fraction of sp³-hybridized carbons (Fsp3) is 0.167. The Hall–Kier alpha value is -1.81. The van der Waals surface area contributed by atoms with Gasteiger partial charge in [0.25, 0.3) is 5.91 Å². The molecule has 0 aliphatic rings. The van der Waals surface area contributed by atoms with Gasteiger partial charge in [-0.2, -0.15) is 5.10 Å². The highest BCUT2D eigenvalue weighted by Gasteiger charge is 2.08. The Kier molecular flexibility index (Phi) is 3.15. The van der Waals surface area contributed by atoms with Crippen LogP contribution < -0.4 is 5.32 Å². The molecular formula is C12H12ClN3O. The van der Waals surface area contributed by atoms with Crippen molar-refractivity contribution >= 4 is 23.2 Å². The maximum Gasteiger partial charge on any atom is 0.258 e. The standard InChI is InChI=1S/C12H12ClN3O/c1-8-3-4-10(5-11(8)13)15-12(17)9-6-14-16(2)7-9/h3-7H,1-2H3,(H,15,17). The molecule has 1 aromatic heterocycles. The number of nitrogens with one attached hydrogen (secondary N) is 1. The highest BCUT2D eigenvalue weighted by molar-refractivity contribution is 6.31. The van der Waals surface area contributed by atoms with Crippen molar-refractivity contribution in [3.05, 3.63) is 46.7 Å². The van der Waals surface area contributed by atoms with Gasteiger partial charge in [-0.05, 0) is 24.6 Å². The zero-order chi connectivity index (χ0) is 12.4. The van der Waals surface area contributed by atoms with E-state index in [2.05, 4.69) is 10.4 Å². The van der Waals surface area contributed by atoms with Crippen LogP contribution in [0.25, 0.3) is 0 Å². The van der Waals surface area contributed by atoms with E-state index >= 15 is 0 Å². The molecule has 0 atom stereocenters. The third-order valence-corrected chi connectivity index (χ3v) is 2.80. The van der Waals surface area contributed by atoms with Crippen LogP contribution in [-0.2, 0) is 7.05 Å². The monoisotopic (exact) mass is 249 g/mol. The lowest BCUT2D eigenvalue weighted by molar-refractivity contribution is 0.102. The first-order chi connectivity index (χ1) is 8.06. The number of halogens is 1. The van der Waals surface area contributed by atoms with Gasteiger partial charge in [0.15, 0.2) is 0 Å². The van der Waals surface area contributed by atoms with Crippen LogP contribution in [0.4, 0.5) is 5.69 Å². The summed E-state index contributed by atoms with van der Waals surface area (Å²) < 4.78 is 1.58. The number of carbonyl (C=O) groups excluding carboxylic acids is 1. The summed E-state index contributed by atoms with van der Waals surface area (Å²) in [5, 5.41) is 7.34. The van der Waals surface area contributed by atoms with Gasteiger partial charge in [-0.25, -0.2) is 0 Å². The van der Waals surface area contributed by atoms with Crippen molar-refractivity contribution in [2.24, 2.45) is 7.05 Å². The number of benzene rings is 1. The van der Waals surface area contributed by atoms with Crippen LogP contribution in [-0.4, -0.2) is 15.7 Å². The Morgan fingerprint density at radius 2 is 2.24 bits per heavy atom. The summed E-state index contributed by atoms with van der Waals surface area (Å²) in [6.07, 6.45) is 3.18. The highest BCUT2D eigenvalue weighted by Crippen LogP contribution is 2.20. The first-order valence-electron chi connectivity index (χ1n) is 5.12. The average Bonchev–Trinajstić information content (AvgIpc) is 2.70. The molecule has 0 aliphatic heterocycles. The molecule has 2 rings (SSSR count). The van der Waals surface area contributed by atoms with E-state index in [4.69, 9.17) is 11.6 Å². The molecule has 1 amide bonds. The number of hydrogen-bond donors (Lipinski definition) is 1. The molecule has 4 nitrogen and oxygen atoms in total. The highest BCUT2D eigenvalue weighted by atomic mass is 35.5. The van der Waals surface area contributed by atoms with E-state index in [1.54, 1.807) is 24.0 Å². The molecular weight excluding hydrogens is 238 g/mol. The molecule has 0 bridgehead atoms. The molecule has 0 aliphatic carbocycles. The molecule has 0 unspecified atom stereocenters. The van der Waals surface area contributed by atoms with Gasteiger partial charge in [0.2, 0.25) is 0 Å². The number of carbonyl (C=O) groups is 1. The topological polar surface area (TPSA) is 46.9 Å². The minimum absolute atomic E-state index is 0.196. The largest absolute Gasteiger partial charge is 0.322 e. The number of aryl methyl sites for hydroxylation is 2. The third kappa shape index (κ3) is 2.65. The summed E-state index contributed by atoms with van der Waals surface area (Å²) in [6.45, 7) is 1.91. The molecule has 0 fully saturated rings. The lowest BCUT2D eigenvalue weighted by Gasteiger charge is -2.05. The van der Waals surface area contributed by atoms with E-state index in [1.807, 2.05) is 19.1 Å². The molecule has 5 heteroatoms. The van der Waals surface area contributed by atoms with E-state index in [1.165, 1.54) is 6.20 Å². The fourth-order valence-corrected chi connectivity index (χ4v) is 1.59. The van der Waals surface area contributed by atoms with Gasteiger partial charge < -0.3 is 5.32 Å². The van der Waals surface area contributed by atoms with Crippen molar-refractivity contribution in [2.75, 3.05) is 5.32 Å². The zero-order valence-electron chi connectivity index (χ0n) is 9.57. The van der Waals surface area contributed by atoms with Crippen LogP contribution in [0.2, 0.25) is 5.02 Å². The molecule has 0 saturated heterocycles. The van der Waals surface area contributed by atoms with Crippen molar-refractivity contribution in [3.8, 4) is 0 Å². The molecule has 88 valence electrons. The van der Waals surface area contributed by atoms with Crippen LogP contribution >= 0.6 is 11.6 Å². The second kappa shape index (κ2) is 4.59. The van der Waals surface area contributed by atoms with Gasteiger partial charge in [0.1, 0.15) is 0 Å². The van der Waals surface area contributed by atoms with Crippen LogP contribution in [0.3, 0.4) is 0 Å². The van der Waals surface area contributed by atoms with Gasteiger partial charge in [-0.1, -0.05) is 17.7 Å². The van der Waals surface area contributed by atoms with Gasteiger partial charge in [0, 0.05) is 24.0 Å². The number of anilines is 1. The number of nitrogens with zero attached hydrogens (tertiary/aromatic N) is 2. The molecule has 17 heavy (non-hydrogen) atoms. The maximum atomic E-state index is 11.8. The molecule has 1 heterocycles. The smallest absolute Gasteiger partial charge is 0.258 e.